The molecule has 24 heavy (non-hydrogen) atoms. The van der Waals surface area contributed by atoms with Crippen molar-refractivity contribution in [2.24, 2.45) is 0 Å². The van der Waals surface area contributed by atoms with Crippen LogP contribution in [0.2, 0.25) is 0 Å². The number of fused-ring (bicyclic) bond motifs is 1. The Bertz CT molecular complexity index is 703. The monoisotopic (exact) mass is 334 g/mol. The summed E-state index contributed by atoms with van der Waals surface area (Å²) in [7, 11) is 5.89. The second-order valence-electron chi connectivity index (χ2n) is 5.22. The van der Waals surface area contributed by atoms with E-state index < -0.39 is 11.9 Å². The summed E-state index contributed by atoms with van der Waals surface area (Å²) in [5.41, 5.74) is 1.24. The van der Waals surface area contributed by atoms with Crippen LogP contribution in [0.25, 0.3) is 10.9 Å². The summed E-state index contributed by atoms with van der Waals surface area (Å²) < 4.78 is 7.60. The summed E-state index contributed by atoms with van der Waals surface area (Å²) in [5.74, 6) is -1.57. The van der Waals surface area contributed by atoms with Gasteiger partial charge in [0.05, 0.1) is 12.6 Å². The first-order chi connectivity index (χ1) is 11.3. The number of carbonyl (C=O) groups is 2. The Hall–Kier alpha value is -2.80. The molecule has 0 fully saturated rings. The van der Waals surface area contributed by atoms with Gasteiger partial charge in [-0.15, -0.1) is 0 Å². The third-order valence-corrected chi connectivity index (χ3v) is 3.15. The van der Waals surface area contributed by atoms with Crippen LogP contribution in [0.4, 0.5) is 0 Å². The third-order valence-electron chi connectivity index (χ3n) is 3.15. The fourth-order valence-electron chi connectivity index (χ4n) is 2.02. The summed E-state index contributed by atoms with van der Waals surface area (Å²) >= 11 is 0. The highest BCUT2D eigenvalue weighted by Crippen LogP contribution is 2.25. The van der Waals surface area contributed by atoms with Gasteiger partial charge in [-0.1, -0.05) is 6.07 Å². The van der Waals surface area contributed by atoms with Gasteiger partial charge in [-0.2, -0.15) is 0 Å². The number of carboxylic acid groups (broad SMARTS) is 2. The van der Waals surface area contributed by atoms with Crippen molar-refractivity contribution in [3.8, 4) is 5.75 Å². The van der Waals surface area contributed by atoms with E-state index in [1.165, 1.54) is 10.9 Å². The van der Waals surface area contributed by atoms with Gasteiger partial charge in [-0.25, -0.2) is 9.59 Å². The van der Waals surface area contributed by atoms with Crippen LogP contribution < -0.4 is 4.74 Å². The maximum Gasteiger partial charge on any atom is 0.328 e. The van der Waals surface area contributed by atoms with E-state index in [-0.39, 0.29) is 0 Å². The minimum Gasteiger partial charge on any atom is -0.496 e. The number of aliphatic carboxylic acids is 2. The first-order valence-corrected chi connectivity index (χ1v) is 7.25. The molecule has 0 spiro atoms. The second kappa shape index (κ2) is 9.36. The molecule has 0 amide bonds. The molecule has 7 nitrogen and oxygen atoms in total. The quantitative estimate of drug-likeness (QED) is 0.784. The Morgan fingerprint density at radius 3 is 2.29 bits per heavy atom. The van der Waals surface area contributed by atoms with E-state index in [2.05, 4.69) is 41.9 Å². The molecule has 2 aromatic rings. The van der Waals surface area contributed by atoms with Crippen LogP contribution in [0.1, 0.15) is 0 Å². The summed E-state index contributed by atoms with van der Waals surface area (Å²) in [6, 6.07) is 8.28. The molecule has 1 aromatic carbocycles. The zero-order chi connectivity index (χ0) is 18.1. The van der Waals surface area contributed by atoms with Crippen molar-refractivity contribution in [1.82, 2.24) is 9.47 Å². The number of hydrogen-bond donors (Lipinski definition) is 2. The van der Waals surface area contributed by atoms with E-state index >= 15 is 0 Å². The van der Waals surface area contributed by atoms with Crippen LogP contribution in [0.3, 0.4) is 0 Å². The van der Waals surface area contributed by atoms with E-state index in [1.54, 1.807) is 7.11 Å². The number of rotatable bonds is 6. The van der Waals surface area contributed by atoms with Gasteiger partial charge in [0.15, 0.2) is 0 Å². The summed E-state index contributed by atoms with van der Waals surface area (Å²) in [4.78, 5) is 21.3. The van der Waals surface area contributed by atoms with E-state index in [1.807, 2.05) is 12.1 Å². The van der Waals surface area contributed by atoms with Crippen LogP contribution in [-0.4, -0.2) is 59.4 Å². The second-order valence-corrected chi connectivity index (χ2v) is 5.22. The number of carboxylic acids is 2. The normalized spacial score (nSPS) is 10.7. The largest absolute Gasteiger partial charge is 0.496 e. The van der Waals surface area contributed by atoms with Gasteiger partial charge in [0.2, 0.25) is 0 Å². The zero-order valence-corrected chi connectivity index (χ0v) is 14.0. The molecule has 7 heteroatoms. The van der Waals surface area contributed by atoms with Gasteiger partial charge in [0.1, 0.15) is 5.75 Å². The summed E-state index contributed by atoms with van der Waals surface area (Å²) in [5, 5.41) is 16.8. The van der Waals surface area contributed by atoms with Crippen LogP contribution in [-0.2, 0) is 16.1 Å². The Morgan fingerprint density at radius 1 is 1.17 bits per heavy atom. The van der Waals surface area contributed by atoms with E-state index in [0.29, 0.717) is 12.2 Å². The average Bonchev–Trinajstić information content (AvgIpc) is 2.94. The lowest BCUT2D eigenvalue weighted by molar-refractivity contribution is -0.134. The maximum atomic E-state index is 9.55. The fourth-order valence-corrected chi connectivity index (χ4v) is 2.02. The molecular weight excluding hydrogens is 312 g/mol. The van der Waals surface area contributed by atoms with Crippen molar-refractivity contribution in [2.45, 2.75) is 6.54 Å². The predicted molar refractivity (Wildman–Crippen MR) is 91.5 cm³/mol. The van der Waals surface area contributed by atoms with Gasteiger partial charge in [-0.3, -0.25) is 0 Å². The van der Waals surface area contributed by atoms with Crippen LogP contribution in [0, 0.1) is 0 Å². The van der Waals surface area contributed by atoms with Crippen molar-refractivity contribution >= 4 is 22.8 Å². The van der Waals surface area contributed by atoms with Crippen LogP contribution in [0.15, 0.2) is 42.6 Å². The molecule has 2 rings (SSSR count). The van der Waals surface area contributed by atoms with Gasteiger partial charge in [0.25, 0.3) is 0 Å². The number of methoxy groups -OCH3 is 1. The summed E-state index contributed by atoms with van der Waals surface area (Å²) in [6.07, 6.45) is 3.24. The molecule has 130 valence electrons. The smallest absolute Gasteiger partial charge is 0.328 e. The Morgan fingerprint density at radius 2 is 1.79 bits per heavy atom. The number of likely N-dealkylation sites (N-methyl/N-ethyl adjacent to an activating group) is 1. The highest BCUT2D eigenvalue weighted by atomic mass is 16.5. The van der Waals surface area contributed by atoms with Gasteiger partial charge in [-0.05, 0) is 32.3 Å². The van der Waals surface area contributed by atoms with E-state index in [9.17, 15) is 9.59 Å². The lowest BCUT2D eigenvalue weighted by atomic mass is 10.2. The van der Waals surface area contributed by atoms with Crippen molar-refractivity contribution in [3.63, 3.8) is 0 Å². The standard InChI is InChI=1S/C13H18N2O.C4H4O4/c1-14(2)9-10-15-8-7-11-12(15)5-4-6-13(11)16-3;5-3(6)1-2-4(7)8/h4-8H,9-10H2,1-3H3;1-2H,(H,5,6)(H,7,8)/b;2-1+. The predicted octanol–water partition coefficient (Wildman–Crippen LogP) is 1.92. The first-order valence-electron chi connectivity index (χ1n) is 7.25. The Labute approximate surface area is 140 Å². The number of hydrogen-bond acceptors (Lipinski definition) is 4. The lowest BCUT2D eigenvalue weighted by Crippen LogP contribution is -2.17. The Kier molecular flexibility index (Phi) is 7.51. The van der Waals surface area contributed by atoms with Crippen molar-refractivity contribution in [2.75, 3.05) is 27.7 Å². The molecule has 0 radical (unpaired) electrons. The molecular formula is C17H22N2O5. The molecule has 0 saturated heterocycles. The maximum absolute atomic E-state index is 9.55. The molecule has 0 aliphatic heterocycles. The van der Waals surface area contributed by atoms with Gasteiger partial charge < -0.3 is 24.4 Å². The number of ether oxygens (including phenoxy) is 1. The average molecular weight is 334 g/mol. The molecule has 1 heterocycles. The van der Waals surface area contributed by atoms with Crippen molar-refractivity contribution in [3.05, 3.63) is 42.6 Å². The minimum atomic E-state index is -1.26. The molecule has 0 aliphatic carbocycles. The molecule has 0 atom stereocenters. The third kappa shape index (κ3) is 6.13. The molecule has 1 aromatic heterocycles. The molecule has 0 saturated carbocycles. The van der Waals surface area contributed by atoms with Gasteiger partial charge in [0, 0.05) is 36.8 Å². The van der Waals surface area contributed by atoms with Crippen molar-refractivity contribution < 1.29 is 24.5 Å². The van der Waals surface area contributed by atoms with Gasteiger partial charge >= 0.3 is 11.9 Å². The molecule has 0 aliphatic rings. The molecule has 0 bridgehead atoms. The van der Waals surface area contributed by atoms with Crippen LogP contribution >= 0.6 is 0 Å². The number of nitrogens with zero attached hydrogens (tertiary/aromatic N) is 2. The lowest BCUT2D eigenvalue weighted by Gasteiger charge is -2.11. The Balaban J connectivity index is 0.000000307. The molecule has 0 unspecified atom stereocenters. The van der Waals surface area contributed by atoms with Crippen molar-refractivity contribution in [1.29, 1.82) is 0 Å². The fraction of sp³-hybridized carbons (Fsp3) is 0.294. The first kappa shape index (κ1) is 19.2. The minimum absolute atomic E-state index is 0.558. The highest BCUT2D eigenvalue weighted by molar-refractivity contribution is 5.89. The zero-order valence-electron chi connectivity index (χ0n) is 14.0. The SMILES string of the molecule is COc1cccc2c1ccn2CCN(C)C.O=C(O)/C=C/C(=O)O. The highest BCUT2D eigenvalue weighted by Gasteiger charge is 2.05. The van der Waals surface area contributed by atoms with E-state index in [0.717, 1.165) is 18.8 Å². The number of aromatic nitrogens is 1. The van der Waals surface area contributed by atoms with E-state index in [4.69, 9.17) is 14.9 Å². The molecule has 2 N–H and O–H groups in total. The number of benzene rings is 1. The topological polar surface area (TPSA) is 92.0 Å². The summed E-state index contributed by atoms with van der Waals surface area (Å²) in [6.45, 7) is 2.05. The van der Waals surface area contributed by atoms with Crippen LogP contribution in [0.5, 0.6) is 5.75 Å².